The average molecular weight is 317 g/mol. The molecule has 1 atom stereocenters. The zero-order valence-corrected chi connectivity index (χ0v) is 14.4. The molecule has 20 heavy (non-hydrogen) atoms. The number of nitrogens with two attached hydrogens (primary N) is 1. The van der Waals surface area contributed by atoms with Crippen molar-refractivity contribution < 1.29 is 0 Å². The van der Waals surface area contributed by atoms with Crippen molar-refractivity contribution in [3.63, 3.8) is 0 Å². The van der Waals surface area contributed by atoms with Gasteiger partial charge in [-0.3, -0.25) is 4.90 Å². The van der Waals surface area contributed by atoms with Gasteiger partial charge in [-0.1, -0.05) is 50.0 Å². The summed E-state index contributed by atoms with van der Waals surface area (Å²) >= 11 is 12.3. The normalized spacial score (nSPS) is 13.8. The lowest BCUT2D eigenvalue weighted by atomic mass is 9.91. The topological polar surface area (TPSA) is 29.3 Å². The Labute approximate surface area is 133 Å². The van der Waals surface area contributed by atoms with Crippen molar-refractivity contribution in [2.45, 2.75) is 40.2 Å². The van der Waals surface area contributed by atoms with Gasteiger partial charge in [0.15, 0.2) is 0 Å². The van der Waals surface area contributed by atoms with Crippen LogP contribution in [0.4, 0.5) is 0 Å². The Morgan fingerprint density at radius 3 is 2.45 bits per heavy atom. The Morgan fingerprint density at radius 1 is 1.30 bits per heavy atom. The Bertz CT molecular complexity index is 432. The van der Waals surface area contributed by atoms with E-state index in [1.807, 2.05) is 18.2 Å². The molecule has 2 nitrogen and oxygen atoms in total. The quantitative estimate of drug-likeness (QED) is 0.786. The lowest BCUT2D eigenvalue weighted by Gasteiger charge is -2.36. The largest absolute Gasteiger partial charge is 0.330 e. The highest BCUT2D eigenvalue weighted by Crippen LogP contribution is 2.31. The average Bonchev–Trinajstić information content (AvgIpc) is 2.37. The summed E-state index contributed by atoms with van der Waals surface area (Å²) in [5.41, 5.74) is 7.09. The summed E-state index contributed by atoms with van der Waals surface area (Å²) in [4.78, 5) is 2.45. The molecule has 0 heterocycles. The van der Waals surface area contributed by atoms with E-state index in [9.17, 15) is 0 Å². The lowest BCUT2D eigenvalue weighted by molar-refractivity contribution is 0.140. The number of nitrogens with zero attached hydrogens (tertiary/aromatic N) is 1. The van der Waals surface area contributed by atoms with E-state index >= 15 is 0 Å². The maximum Gasteiger partial charge on any atom is 0.0468 e. The third kappa shape index (κ3) is 4.92. The van der Waals surface area contributed by atoms with Crippen LogP contribution in [0.15, 0.2) is 18.2 Å². The molecule has 114 valence electrons. The summed E-state index contributed by atoms with van der Waals surface area (Å²) in [7, 11) is 0. The van der Waals surface area contributed by atoms with E-state index in [1.54, 1.807) is 0 Å². The van der Waals surface area contributed by atoms with Crippen molar-refractivity contribution in [3.05, 3.63) is 33.8 Å². The minimum absolute atomic E-state index is 0.0995. The minimum atomic E-state index is 0.0995. The molecule has 1 unspecified atom stereocenters. The van der Waals surface area contributed by atoms with Crippen LogP contribution in [0.2, 0.25) is 10.0 Å². The monoisotopic (exact) mass is 316 g/mol. The van der Waals surface area contributed by atoms with Gasteiger partial charge in [0, 0.05) is 22.6 Å². The molecule has 0 spiro atoms. The van der Waals surface area contributed by atoms with Gasteiger partial charge in [-0.15, -0.1) is 0 Å². The summed E-state index contributed by atoms with van der Waals surface area (Å²) in [6.45, 7) is 11.4. The van der Waals surface area contributed by atoms with Crippen LogP contribution in [0.3, 0.4) is 0 Å². The zero-order chi connectivity index (χ0) is 15.3. The fourth-order valence-electron chi connectivity index (χ4n) is 2.35. The highest BCUT2D eigenvalue weighted by Gasteiger charge is 2.25. The van der Waals surface area contributed by atoms with Crippen LogP contribution in [-0.2, 0) is 0 Å². The van der Waals surface area contributed by atoms with Gasteiger partial charge in [0.1, 0.15) is 0 Å². The fourth-order valence-corrected chi connectivity index (χ4v) is 2.91. The molecular formula is C16H26Cl2N2. The molecular weight excluding hydrogens is 291 g/mol. The van der Waals surface area contributed by atoms with Crippen LogP contribution in [0.5, 0.6) is 0 Å². The first-order valence-corrected chi connectivity index (χ1v) is 7.95. The predicted molar refractivity (Wildman–Crippen MR) is 89.6 cm³/mol. The molecule has 0 aliphatic rings. The van der Waals surface area contributed by atoms with E-state index in [1.165, 1.54) is 0 Å². The van der Waals surface area contributed by atoms with Gasteiger partial charge in [-0.2, -0.15) is 0 Å². The van der Waals surface area contributed by atoms with Gasteiger partial charge < -0.3 is 5.73 Å². The second-order valence-corrected chi connectivity index (χ2v) is 7.02. The van der Waals surface area contributed by atoms with Gasteiger partial charge in [0.2, 0.25) is 0 Å². The molecule has 1 aromatic rings. The predicted octanol–water partition coefficient (Wildman–Crippen LogP) is 4.75. The van der Waals surface area contributed by atoms with Crippen molar-refractivity contribution in [1.82, 2.24) is 4.90 Å². The number of halogens is 2. The van der Waals surface area contributed by atoms with Crippen LogP contribution < -0.4 is 5.73 Å². The summed E-state index contributed by atoms with van der Waals surface area (Å²) in [5, 5.41) is 1.41. The molecule has 0 aliphatic carbocycles. The van der Waals surface area contributed by atoms with Gasteiger partial charge in [-0.25, -0.2) is 0 Å². The van der Waals surface area contributed by atoms with E-state index in [0.29, 0.717) is 11.6 Å². The van der Waals surface area contributed by atoms with Gasteiger partial charge in [0.05, 0.1) is 0 Å². The van der Waals surface area contributed by atoms with Crippen molar-refractivity contribution in [2.24, 2.45) is 11.1 Å². The van der Waals surface area contributed by atoms with Crippen LogP contribution in [0, 0.1) is 5.41 Å². The van der Waals surface area contributed by atoms with Crippen molar-refractivity contribution >= 4 is 23.2 Å². The summed E-state index contributed by atoms with van der Waals surface area (Å²) in [6, 6.07) is 5.99. The van der Waals surface area contributed by atoms with Crippen molar-refractivity contribution in [3.8, 4) is 0 Å². The Balaban J connectivity index is 2.95. The summed E-state index contributed by atoms with van der Waals surface area (Å²) in [5.74, 6) is 0. The lowest BCUT2D eigenvalue weighted by Crippen LogP contribution is -2.40. The van der Waals surface area contributed by atoms with E-state index in [4.69, 9.17) is 28.9 Å². The smallest absolute Gasteiger partial charge is 0.0468 e. The molecule has 0 saturated carbocycles. The van der Waals surface area contributed by atoms with E-state index < -0.39 is 0 Å². The molecule has 0 fully saturated rings. The highest BCUT2D eigenvalue weighted by molar-refractivity contribution is 6.35. The minimum Gasteiger partial charge on any atom is -0.330 e. The van der Waals surface area contributed by atoms with Crippen molar-refractivity contribution in [1.29, 1.82) is 0 Å². The van der Waals surface area contributed by atoms with Crippen LogP contribution >= 0.6 is 23.2 Å². The molecule has 0 bridgehead atoms. The molecule has 0 saturated heterocycles. The first-order chi connectivity index (χ1) is 9.30. The third-order valence-corrected chi connectivity index (χ3v) is 4.22. The molecule has 1 aromatic carbocycles. The van der Waals surface area contributed by atoms with Crippen molar-refractivity contribution in [2.75, 3.05) is 19.6 Å². The maximum atomic E-state index is 6.34. The number of hydrogen-bond acceptors (Lipinski definition) is 2. The standard InChI is InChI=1S/C16H26Cl2N2/c1-5-8-20(11-16(3,4)10-19)12(2)14-7-6-13(17)9-15(14)18/h6-7,9,12H,5,8,10-11,19H2,1-4H3. The summed E-state index contributed by atoms with van der Waals surface area (Å²) < 4.78 is 0. The second-order valence-electron chi connectivity index (χ2n) is 6.18. The van der Waals surface area contributed by atoms with E-state index in [2.05, 4.69) is 32.6 Å². The highest BCUT2D eigenvalue weighted by atomic mass is 35.5. The van der Waals surface area contributed by atoms with Crippen LogP contribution in [0.25, 0.3) is 0 Å². The number of benzene rings is 1. The van der Waals surface area contributed by atoms with E-state index in [-0.39, 0.29) is 11.5 Å². The van der Waals surface area contributed by atoms with Gasteiger partial charge >= 0.3 is 0 Å². The van der Waals surface area contributed by atoms with Crippen LogP contribution in [-0.4, -0.2) is 24.5 Å². The van der Waals surface area contributed by atoms with Crippen LogP contribution in [0.1, 0.15) is 45.7 Å². The first-order valence-electron chi connectivity index (χ1n) is 7.20. The Morgan fingerprint density at radius 2 is 1.95 bits per heavy atom. The second kappa shape index (κ2) is 7.65. The maximum absolute atomic E-state index is 6.34. The Hall–Kier alpha value is -0.280. The van der Waals surface area contributed by atoms with E-state index in [0.717, 1.165) is 30.1 Å². The molecule has 0 amide bonds. The number of rotatable bonds is 7. The first kappa shape index (κ1) is 17.8. The summed E-state index contributed by atoms with van der Waals surface area (Å²) in [6.07, 6.45) is 1.11. The molecule has 0 radical (unpaired) electrons. The molecule has 2 N–H and O–H groups in total. The SMILES string of the molecule is CCCN(CC(C)(C)CN)C(C)c1ccc(Cl)cc1Cl. The fraction of sp³-hybridized carbons (Fsp3) is 0.625. The van der Waals surface area contributed by atoms with Gasteiger partial charge in [0.25, 0.3) is 0 Å². The van der Waals surface area contributed by atoms with Gasteiger partial charge in [-0.05, 0) is 49.5 Å². The molecule has 0 aromatic heterocycles. The Kier molecular flexibility index (Phi) is 6.80. The molecule has 0 aliphatic heterocycles. The molecule has 1 rings (SSSR count). The number of hydrogen-bond donors (Lipinski definition) is 1. The third-order valence-electron chi connectivity index (χ3n) is 3.65. The zero-order valence-electron chi connectivity index (χ0n) is 12.9. The molecule has 4 heteroatoms.